The summed E-state index contributed by atoms with van der Waals surface area (Å²) in [6.07, 6.45) is 1.77. The number of ether oxygens (including phenoxy) is 1. The van der Waals surface area contributed by atoms with E-state index in [0.29, 0.717) is 25.3 Å². The van der Waals surface area contributed by atoms with Crippen molar-refractivity contribution in [1.82, 2.24) is 4.31 Å². The number of nitrogens with two attached hydrogens (primary N) is 1. The molecule has 7 heteroatoms. The highest BCUT2D eigenvalue weighted by atomic mass is 32.2. The van der Waals surface area contributed by atoms with Gasteiger partial charge in [-0.1, -0.05) is 6.92 Å². The molecule has 114 valence electrons. The lowest BCUT2D eigenvalue weighted by Gasteiger charge is -2.24. The molecule has 0 amide bonds. The predicted molar refractivity (Wildman–Crippen MR) is 79.0 cm³/mol. The third-order valence-electron chi connectivity index (χ3n) is 3.54. The van der Waals surface area contributed by atoms with Gasteiger partial charge in [0.15, 0.2) is 0 Å². The van der Waals surface area contributed by atoms with E-state index in [9.17, 15) is 8.42 Å². The van der Waals surface area contributed by atoms with Crippen molar-refractivity contribution in [2.45, 2.75) is 30.8 Å². The molecule has 2 rings (SSSR count). The minimum atomic E-state index is -3.68. The van der Waals surface area contributed by atoms with E-state index in [-0.39, 0.29) is 16.7 Å². The molecule has 1 aromatic rings. The van der Waals surface area contributed by atoms with Gasteiger partial charge in [0.25, 0.3) is 0 Å². The molecular formula is C14H19N3O3S. The number of nitrogen functional groups attached to an aromatic ring is 1. The summed E-state index contributed by atoms with van der Waals surface area (Å²) in [4.78, 5) is 0.0429. The van der Waals surface area contributed by atoms with E-state index < -0.39 is 10.0 Å². The van der Waals surface area contributed by atoms with Crippen LogP contribution in [0.2, 0.25) is 0 Å². The van der Waals surface area contributed by atoms with Crippen LogP contribution < -0.4 is 5.73 Å². The molecule has 0 aromatic heterocycles. The normalized spacial score (nSPS) is 18.8. The highest BCUT2D eigenvalue weighted by molar-refractivity contribution is 7.89. The summed E-state index contributed by atoms with van der Waals surface area (Å²) in [6.45, 7) is 3.15. The van der Waals surface area contributed by atoms with Gasteiger partial charge in [0.05, 0.1) is 23.4 Å². The third-order valence-corrected chi connectivity index (χ3v) is 5.56. The topological polar surface area (TPSA) is 96.4 Å². The Hall–Kier alpha value is -1.62. The molecule has 0 radical (unpaired) electrons. The van der Waals surface area contributed by atoms with Crippen molar-refractivity contribution in [1.29, 1.82) is 5.26 Å². The molecule has 0 bridgehead atoms. The van der Waals surface area contributed by atoms with E-state index in [0.717, 1.165) is 12.8 Å². The van der Waals surface area contributed by atoms with E-state index in [1.165, 1.54) is 22.5 Å². The number of anilines is 1. The molecule has 1 atom stereocenters. The molecule has 0 saturated carbocycles. The van der Waals surface area contributed by atoms with Crippen molar-refractivity contribution >= 4 is 15.7 Å². The summed E-state index contributed by atoms with van der Waals surface area (Å²) >= 11 is 0. The van der Waals surface area contributed by atoms with Gasteiger partial charge in [-0.3, -0.25) is 0 Å². The van der Waals surface area contributed by atoms with Crippen LogP contribution in [0.4, 0.5) is 5.69 Å². The van der Waals surface area contributed by atoms with E-state index in [1.54, 1.807) is 6.92 Å². The number of benzene rings is 1. The van der Waals surface area contributed by atoms with Crippen LogP contribution >= 0.6 is 0 Å². The zero-order valence-corrected chi connectivity index (χ0v) is 12.8. The van der Waals surface area contributed by atoms with Crippen LogP contribution in [-0.2, 0) is 14.8 Å². The second-order valence-electron chi connectivity index (χ2n) is 4.96. The van der Waals surface area contributed by atoms with E-state index in [2.05, 4.69) is 0 Å². The number of rotatable bonds is 5. The van der Waals surface area contributed by atoms with Crippen LogP contribution in [0, 0.1) is 11.3 Å². The SMILES string of the molecule is CCN(CC1CCCO1)S(=O)(=O)c1ccc(C#N)cc1N. The summed E-state index contributed by atoms with van der Waals surface area (Å²) in [5.74, 6) is 0. The summed E-state index contributed by atoms with van der Waals surface area (Å²) in [7, 11) is -3.68. The molecule has 2 N–H and O–H groups in total. The molecule has 1 fully saturated rings. The van der Waals surface area contributed by atoms with Gasteiger partial charge in [0.1, 0.15) is 4.90 Å². The Morgan fingerprint density at radius 2 is 2.29 bits per heavy atom. The zero-order chi connectivity index (χ0) is 15.5. The molecule has 1 aliphatic rings. The van der Waals surface area contributed by atoms with Crippen LogP contribution in [-0.4, -0.2) is 38.5 Å². The van der Waals surface area contributed by atoms with E-state index >= 15 is 0 Å². The molecule has 0 aliphatic carbocycles. The van der Waals surface area contributed by atoms with Gasteiger partial charge in [-0.2, -0.15) is 9.57 Å². The Kier molecular flexibility index (Phi) is 4.83. The van der Waals surface area contributed by atoms with Crippen molar-refractivity contribution in [2.24, 2.45) is 0 Å². The second kappa shape index (κ2) is 6.43. The number of nitrogens with zero attached hydrogens (tertiary/aromatic N) is 2. The summed E-state index contributed by atoms with van der Waals surface area (Å²) in [5.41, 5.74) is 6.23. The van der Waals surface area contributed by atoms with Crippen molar-refractivity contribution in [3.8, 4) is 6.07 Å². The Labute approximate surface area is 125 Å². The van der Waals surface area contributed by atoms with Crippen LogP contribution in [0.15, 0.2) is 23.1 Å². The number of hydrogen-bond acceptors (Lipinski definition) is 5. The van der Waals surface area contributed by atoms with Gasteiger partial charge in [-0.15, -0.1) is 0 Å². The molecule has 1 saturated heterocycles. The first-order valence-electron chi connectivity index (χ1n) is 6.90. The molecule has 1 heterocycles. The fourth-order valence-corrected chi connectivity index (χ4v) is 3.98. The summed E-state index contributed by atoms with van der Waals surface area (Å²) in [5, 5.41) is 8.82. The lowest BCUT2D eigenvalue weighted by molar-refractivity contribution is 0.0947. The van der Waals surface area contributed by atoms with Gasteiger partial charge in [0, 0.05) is 19.7 Å². The maximum atomic E-state index is 12.7. The van der Waals surface area contributed by atoms with Gasteiger partial charge < -0.3 is 10.5 Å². The molecule has 0 spiro atoms. The number of likely N-dealkylation sites (N-methyl/N-ethyl adjacent to an activating group) is 1. The molecule has 6 nitrogen and oxygen atoms in total. The minimum Gasteiger partial charge on any atom is -0.398 e. The molecule has 21 heavy (non-hydrogen) atoms. The quantitative estimate of drug-likeness (QED) is 0.828. The largest absolute Gasteiger partial charge is 0.398 e. The van der Waals surface area contributed by atoms with E-state index in [4.69, 9.17) is 15.7 Å². The van der Waals surface area contributed by atoms with Crippen molar-refractivity contribution in [3.05, 3.63) is 23.8 Å². The van der Waals surface area contributed by atoms with Crippen LogP contribution in [0.3, 0.4) is 0 Å². The lowest BCUT2D eigenvalue weighted by Crippen LogP contribution is -2.37. The fourth-order valence-electron chi connectivity index (χ4n) is 2.40. The van der Waals surface area contributed by atoms with E-state index in [1.807, 2.05) is 6.07 Å². The Morgan fingerprint density at radius 3 is 2.81 bits per heavy atom. The number of sulfonamides is 1. The maximum Gasteiger partial charge on any atom is 0.245 e. The third kappa shape index (κ3) is 3.35. The fraction of sp³-hybridized carbons (Fsp3) is 0.500. The predicted octanol–water partition coefficient (Wildman–Crippen LogP) is 1.33. The average Bonchev–Trinajstić information content (AvgIpc) is 2.97. The summed E-state index contributed by atoms with van der Waals surface area (Å²) < 4.78 is 32.2. The number of nitriles is 1. The Morgan fingerprint density at radius 1 is 1.52 bits per heavy atom. The summed E-state index contributed by atoms with van der Waals surface area (Å²) in [6, 6.07) is 6.17. The van der Waals surface area contributed by atoms with Crippen LogP contribution in [0.5, 0.6) is 0 Å². The Balaban J connectivity index is 2.28. The molecule has 1 aliphatic heterocycles. The average molecular weight is 309 g/mol. The Bertz CT molecular complexity index is 646. The monoisotopic (exact) mass is 309 g/mol. The van der Waals surface area contributed by atoms with Crippen molar-refractivity contribution in [3.63, 3.8) is 0 Å². The van der Waals surface area contributed by atoms with Gasteiger partial charge in [-0.05, 0) is 31.0 Å². The first-order valence-corrected chi connectivity index (χ1v) is 8.34. The van der Waals surface area contributed by atoms with Crippen LogP contribution in [0.25, 0.3) is 0 Å². The van der Waals surface area contributed by atoms with Crippen LogP contribution in [0.1, 0.15) is 25.3 Å². The molecule has 1 aromatic carbocycles. The first-order chi connectivity index (χ1) is 9.98. The standard InChI is InChI=1S/C14H19N3O3S/c1-2-17(10-12-4-3-7-20-12)21(18,19)14-6-5-11(9-15)8-13(14)16/h5-6,8,12H,2-4,7,10,16H2,1H3. The number of hydrogen-bond donors (Lipinski definition) is 1. The van der Waals surface area contributed by atoms with Gasteiger partial charge >= 0.3 is 0 Å². The highest BCUT2D eigenvalue weighted by Gasteiger charge is 2.29. The van der Waals surface area contributed by atoms with Crippen molar-refractivity contribution in [2.75, 3.05) is 25.4 Å². The second-order valence-corrected chi connectivity index (χ2v) is 6.86. The minimum absolute atomic E-state index is 0.0429. The lowest BCUT2D eigenvalue weighted by atomic mass is 10.2. The van der Waals surface area contributed by atoms with Crippen molar-refractivity contribution < 1.29 is 13.2 Å². The maximum absolute atomic E-state index is 12.7. The highest BCUT2D eigenvalue weighted by Crippen LogP contribution is 2.25. The smallest absolute Gasteiger partial charge is 0.245 e. The van der Waals surface area contributed by atoms with Gasteiger partial charge in [0.2, 0.25) is 10.0 Å². The molecular weight excluding hydrogens is 290 g/mol. The van der Waals surface area contributed by atoms with Gasteiger partial charge in [-0.25, -0.2) is 8.42 Å². The first kappa shape index (κ1) is 15.8. The molecule has 1 unspecified atom stereocenters. The zero-order valence-electron chi connectivity index (χ0n) is 11.9.